The van der Waals surface area contributed by atoms with Gasteiger partial charge in [-0.25, -0.2) is 8.42 Å². The first-order chi connectivity index (χ1) is 21.0. The Kier molecular flexibility index (Phi) is 12.6. The van der Waals surface area contributed by atoms with Crippen molar-refractivity contribution in [2.24, 2.45) is 0 Å². The van der Waals surface area contributed by atoms with E-state index in [1.165, 1.54) is 37.3 Å². The number of ether oxygens (including phenoxy) is 3. The summed E-state index contributed by atoms with van der Waals surface area (Å²) in [5, 5.41) is 3.37. The Labute approximate surface area is 268 Å². The number of halogens is 2. The van der Waals surface area contributed by atoms with Gasteiger partial charge >= 0.3 is 0 Å². The molecule has 0 saturated carbocycles. The fourth-order valence-corrected chi connectivity index (χ4v) is 6.52. The highest BCUT2D eigenvalue weighted by atomic mass is 35.5. The maximum Gasteiger partial charge on any atom is 0.264 e. The van der Waals surface area contributed by atoms with Crippen molar-refractivity contribution in [1.82, 2.24) is 10.2 Å². The second-order valence-electron chi connectivity index (χ2n) is 9.50. The minimum atomic E-state index is -4.36. The third-order valence-corrected chi connectivity index (χ3v) is 9.26. The Morgan fingerprint density at radius 2 is 1.55 bits per heavy atom. The van der Waals surface area contributed by atoms with Crippen LogP contribution in [0, 0.1) is 0 Å². The van der Waals surface area contributed by atoms with Gasteiger partial charge in [-0.05, 0) is 68.8 Å². The molecule has 0 aliphatic carbocycles. The second kappa shape index (κ2) is 15.9. The molecule has 3 aromatic carbocycles. The highest BCUT2D eigenvalue weighted by Crippen LogP contribution is 2.33. The molecule has 0 saturated heterocycles. The van der Waals surface area contributed by atoms with Crippen LogP contribution in [0.1, 0.15) is 32.8 Å². The number of rotatable bonds is 15. The van der Waals surface area contributed by atoms with Gasteiger partial charge in [0.05, 0.1) is 31.4 Å². The van der Waals surface area contributed by atoms with E-state index in [0.717, 1.165) is 4.31 Å². The summed E-state index contributed by atoms with van der Waals surface area (Å²) in [6, 6.07) is 14.5. The van der Waals surface area contributed by atoms with Crippen LogP contribution >= 0.6 is 23.2 Å². The molecule has 44 heavy (non-hydrogen) atoms. The van der Waals surface area contributed by atoms with Gasteiger partial charge in [0.15, 0.2) is 11.5 Å². The van der Waals surface area contributed by atoms with Gasteiger partial charge in [-0.1, -0.05) is 36.2 Å². The summed E-state index contributed by atoms with van der Waals surface area (Å²) >= 11 is 12.9. The van der Waals surface area contributed by atoms with Crippen molar-refractivity contribution < 1.29 is 32.2 Å². The zero-order chi connectivity index (χ0) is 32.4. The predicted octanol–water partition coefficient (Wildman–Crippen LogP) is 5.55. The predicted molar refractivity (Wildman–Crippen MR) is 171 cm³/mol. The molecule has 0 spiro atoms. The Morgan fingerprint density at radius 3 is 2.09 bits per heavy atom. The van der Waals surface area contributed by atoms with Crippen LogP contribution in [0.15, 0.2) is 65.6 Å². The quantitative estimate of drug-likeness (QED) is 0.226. The lowest BCUT2D eigenvalue weighted by Gasteiger charge is -2.33. The Hall–Kier alpha value is -3.67. The van der Waals surface area contributed by atoms with Crippen molar-refractivity contribution in [1.29, 1.82) is 0 Å². The first-order valence-corrected chi connectivity index (χ1v) is 16.2. The van der Waals surface area contributed by atoms with Crippen molar-refractivity contribution in [3.8, 4) is 17.2 Å². The van der Waals surface area contributed by atoms with Crippen molar-refractivity contribution in [3.05, 3.63) is 76.3 Å². The van der Waals surface area contributed by atoms with Gasteiger partial charge in [-0.3, -0.25) is 13.9 Å². The molecular formula is C31H37Cl2N3O7S. The van der Waals surface area contributed by atoms with E-state index in [-0.39, 0.29) is 35.2 Å². The van der Waals surface area contributed by atoms with E-state index in [2.05, 4.69) is 5.32 Å². The van der Waals surface area contributed by atoms with Gasteiger partial charge in [-0.2, -0.15) is 0 Å². The zero-order valence-electron chi connectivity index (χ0n) is 25.3. The molecule has 13 heteroatoms. The maximum absolute atomic E-state index is 14.2. The van der Waals surface area contributed by atoms with Gasteiger partial charge in [0.1, 0.15) is 18.3 Å². The van der Waals surface area contributed by atoms with Gasteiger partial charge in [0.2, 0.25) is 11.8 Å². The molecule has 0 aliphatic rings. The van der Waals surface area contributed by atoms with Crippen LogP contribution in [0.25, 0.3) is 0 Å². The van der Waals surface area contributed by atoms with E-state index in [4.69, 9.17) is 37.4 Å². The number of anilines is 1. The summed E-state index contributed by atoms with van der Waals surface area (Å²) in [5.74, 6) is 0.0386. The average Bonchev–Trinajstić information content (AvgIpc) is 3.01. The van der Waals surface area contributed by atoms with E-state index < -0.39 is 28.5 Å². The van der Waals surface area contributed by atoms with E-state index >= 15 is 0 Å². The van der Waals surface area contributed by atoms with Gasteiger partial charge in [0, 0.05) is 34.8 Å². The zero-order valence-corrected chi connectivity index (χ0v) is 27.6. The molecule has 1 N–H and O–H groups in total. The summed E-state index contributed by atoms with van der Waals surface area (Å²) < 4.78 is 45.6. The van der Waals surface area contributed by atoms with Crippen LogP contribution in [-0.2, 0) is 26.2 Å². The standard InChI is InChI=1S/C31H37Cl2N3O7S/c1-6-27(31(38)34-7-2)35(19-24-25(32)10-9-11-26(24)33)30(37)20-36(21-12-14-22(15-13-21)43-8-3)44(39,40)23-16-17-28(41-4)29(18-23)42-5/h9-18,27H,6-8,19-20H2,1-5H3,(H,34,38). The normalized spacial score (nSPS) is 11.8. The smallest absolute Gasteiger partial charge is 0.264 e. The van der Waals surface area contributed by atoms with E-state index in [9.17, 15) is 18.0 Å². The van der Waals surface area contributed by atoms with Crippen molar-refractivity contribution in [2.75, 3.05) is 38.2 Å². The van der Waals surface area contributed by atoms with Crippen LogP contribution in [0.3, 0.4) is 0 Å². The van der Waals surface area contributed by atoms with E-state index in [0.29, 0.717) is 40.3 Å². The van der Waals surface area contributed by atoms with Crippen LogP contribution in [0.5, 0.6) is 17.2 Å². The molecule has 238 valence electrons. The number of carbonyl (C=O) groups is 2. The molecule has 10 nitrogen and oxygen atoms in total. The number of nitrogens with one attached hydrogen (secondary N) is 1. The lowest BCUT2D eigenvalue weighted by molar-refractivity contribution is -0.140. The van der Waals surface area contributed by atoms with Crippen molar-refractivity contribution >= 4 is 50.7 Å². The van der Waals surface area contributed by atoms with Crippen LogP contribution in [0.2, 0.25) is 10.0 Å². The average molecular weight is 667 g/mol. The van der Waals surface area contributed by atoms with Crippen LogP contribution in [-0.4, -0.2) is 65.1 Å². The molecule has 3 rings (SSSR count). The SMILES string of the molecule is CCNC(=O)C(CC)N(Cc1c(Cl)cccc1Cl)C(=O)CN(c1ccc(OCC)cc1)S(=O)(=O)c1ccc(OC)c(OC)c1. The Bertz CT molecular complexity index is 1530. The molecule has 0 radical (unpaired) electrons. The van der Waals surface area contributed by atoms with Gasteiger partial charge in [-0.15, -0.1) is 0 Å². The molecule has 0 aliphatic heterocycles. The number of amides is 2. The molecule has 0 fully saturated rings. The van der Waals surface area contributed by atoms with E-state index in [1.807, 2.05) is 6.92 Å². The number of nitrogens with zero attached hydrogens (tertiary/aromatic N) is 2. The molecule has 1 atom stereocenters. The largest absolute Gasteiger partial charge is 0.494 e. The minimum Gasteiger partial charge on any atom is -0.494 e. The molecular weight excluding hydrogens is 629 g/mol. The minimum absolute atomic E-state index is 0.124. The van der Waals surface area contributed by atoms with E-state index in [1.54, 1.807) is 56.3 Å². The summed E-state index contributed by atoms with van der Waals surface area (Å²) in [6.07, 6.45) is 0.255. The fraction of sp³-hybridized carbons (Fsp3) is 0.355. The second-order valence-corrected chi connectivity index (χ2v) is 12.2. The Morgan fingerprint density at radius 1 is 0.909 bits per heavy atom. The van der Waals surface area contributed by atoms with Gasteiger partial charge in [0.25, 0.3) is 10.0 Å². The Balaban J connectivity index is 2.14. The van der Waals surface area contributed by atoms with Crippen LogP contribution in [0.4, 0.5) is 5.69 Å². The molecule has 0 bridgehead atoms. The first kappa shape index (κ1) is 34.8. The maximum atomic E-state index is 14.2. The summed E-state index contributed by atoms with van der Waals surface area (Å²) in [4.78, 5) is 28.5. The number of likely N-dealkylation sites (N-methyl/N-ethyl adjacent to an activating group) is 1. The lowest BCUT2D eigenvalue weighted by atomic mass is 10.1. The number of hydrogen-bond acceptors (Lipinski definition) is 7. The highest BCUT2D eigenvalue weighted by Gasteiger charge is 2.34. The topological polar surface area (TPSA) is 114 Å². The molecule has 3 aromatic rings. The molecule has 1 unspecified atom stereocenters. The number of carbonyl (C=O) groups excluding carboxylic acids is 2. The monoisotopic (exact) mass is 665 g/mol. The van der Waals surface area contributed by atoms with Crippen molar-refractivity contribution in [3.63, 3.8) is 0 Å². The van der Waals surface area contributed by atoms with Gasteiger partial charge < -0.3 is 24.4 Å². The third-order valence-electron chi connectivity index (χ3n) is 6.78. The summed E-state index contributed by atoms with van der Waals surface area (Å²) in [7, 11) is -1.53. The number of sulfonamides is 1. The highest BCUT2D eigenvalue weighted by molar-refractivity contribution is 7.92. The molecule has 0 heterocycles. The molecule has 2 amide bonds. The van der Waals surface area contributed by atoms with Crippen molar-refractivity contribution in [2.45, 2.75) is 44.7 Å². The fourth-order valence-electron chi connectivity index (χ4n) is 4.57. The number of hydrogen-bond donors (Lipinski definition) is 1. The number of methoxy groups -OCH3 is 2. The van der Waals surface area contributed by atoms with Crippen LogP contribution < -0.4 is 23.8 Å². The number of benzene rings is 3. The summed E-state index contributed by atoms with van der Waals surface area (Å²) in [5.41, 5.74) is 0.640. The third kappa shape index (κ3) is 8.08. The first-order valence-electron chi connectivity index (χ1n) is 14.0. The molecule has 0 aromatic heterocycles. The lowest BCUT2D eigenvalue weighted by Crippen LogP contribution is -2.52. The summed E-state index contributed by atoms with van der Waals surface area (Å²) in [6.45, 7) is 5.37.